The Bertz CT molecular complexity index is 1090. The van der Waals surface area contributed by atoms with Crippen LogP contribution in [-0.2, 0) is 4.74 Å². The van der Waals surface area contributed by atoms with Crippen LogP contribution in [0.1, 0.15) is 27.0 Å². The molecule has 1 unspecified atom stereocenters. The first-order valence-corrected chi connectivity index (χ1v) is 11.1. The fraction of sp³-hybridized carbons (Fsp3) is 0.261. The van der Waals surface area contributed by atoms with Gasteiger partial charge in [-0.3, -0.25) is 14.6 Å². The summed E-state index contributed by atoms with van der Waals surface area (Å²) < 4.78 is 11.6. The number of morpholine rings is 1. The Kier molecular flexibility index (Phi) is 6.65. The fourth-order valence-corrected chi connectivity index (χ4v) is 4.47. The van der Waals surface area contributed by atoms with Gasteiger partial charge in [0.2, 0.25) is 0 Å². The van der Waals surface area contributed by atoms with E-state index in [0.29, 0.717) is 40.9 Å². The lowest BCUT2D eigenvalue weighted by Crippen LogP contribution is -2.47. The average molecular weight is 457 g/mol. The lowest BCUT2D eigenvalue weighted by atomic mass is 10.1. The smallest absolute Gasteiger partial charge is 0.264 e. The minimum Gasteiger partial charge on any atom is -0.490 e. The van der Waals surface area contributed by atoms with Crippen LogP contribution in [0.25, 0.3) is 10.6 Å². The number of hydrogen-bond donors (Lipinski definition) is 0. The molecule has 0 radical (unpaired) electrons. The predicted molar refractivity (Wildman–Crippen MR) is 120 cm³/mol. The molecule has 6 nitrogen and oxygen atoms in total. The molecule has 0 N–H and O–H groups in total. The van der Waals surface area contributed by atoms with E-state index in [9.17, 15) is 9.59 Å². The fourth-order valence-electron chi connectivity index (χ4n) is 3.35. The average Bonchev–Trinajstić information content (AvgIpc) is 3.29. The second kappa shape index (κ2) is 9.60. The number of rotatable bonds is 6. The van der Waals surface area contributed by atoms with Gasteiger partial charge in [0.25, 0.3) is 5.91 Å². The topological polar surface area (TPSA) is 68.7 Å². The molecule has 0 bridgehead atoms. The molecule has 4 rings (SSSR count). The van der Waals surface area contributed by atoms with E-state index in [-0.39, 0.29) is 24.4 Å². The number of thiophene rings is 1. The highest BCUT2D eigenvalue weighted by Gasteiger charge is 2.27. The number of amides is 1. The van der Waals surface area contributed by atoms with Crippen LogP contribution in [0.3, 0.4) is 0 Å². The Balaban J connectivity index is 1.39. The lowest BCUT2D eigenvalue weighted by molar-refractivity contribution is -0.0400. The van der Waals surface area contributed by atoms with E-state index in [1.54, 1.807) is 29.3 Å². The summed E-state index contributed by atoms with van der Waals surface area (Å²) in [5.74, 6) is 0.305. The summed E-state index contributed by atoms with van der Waals surface area (Å²) in [6, 6.07) is 14.4. The molecule has 0 saturated carbocycles. The minimum absolute atomic E-state index is 0.0311. The molecule has 1 aromatic carbocycles. The number of halogens is 1. The molecule has 1 amide bonds. The van der Waals surface area contributed by atoms with Gasteiger partial charge >= 0.3 is 0 Å². The van der Waals surface area contributed by atoms with E-state index >= 15 is 0 Å². The molecule has 8 heteroatoms. The first-order valence-electron chi connectivity index (χ1n) is 9.86. The zero-order chi connectivity index (χ0) is 21.8. The Hall–Kier alpha value is -2.74. The quantitative estimate of drug-likeness (QED) is 0.507. The van der Waals surface area contributed by atoms with Gasteiger partial charge in [0.05, 0.1) is 34.2 Å². The summed E-state index contributed by atoms with van der Waals surface area (Å²) in [7, 11) is 0. The Morgan fingerprint density at radius 1 is 1.26 bits per heavy atom. The highest BCUT2D eigenvalue weighted by molar-refractivity contribution is 7.17. The summed E-state index contributed by atoms with van der Waals surface area (Å²) in [6.07, 6.45) is 1.45. The predicted octanol–water partition coefficient (Wildman–Crippen LogP) is 4.59. The maximum absolute atomic E-state index is 13.0. The maximum atomic E-state index is 13.0. The molecule has 1 fully saturated rings. The van der Waals surface area contributed by atoms with Crippen LogP contribution >= 0.6 is 22.9 Å². The van der Waals surface area contributed by atoms with Crippen LogP contribution < -0.4 is 4.74 Å². The third kappa shape index (κ3) is 5.12. The van der Waals surface area contributed by atoms with Crippen molar-refractivity contribution in [3.63, 3.8) is 0 Å². The molecule has 1 aliphatic rings. The van der Waals surface area contributed by atoms with E-state index in [0.717, 1.165) is 10.6 Å². The number of Topliss-reactive ketones (excluding diaryl/α,β-unsaturated/α-hetero) is 1. The Morgan fingerprint density at radius 2 is 2.13 bits per heavy atom. The highest BCUT2D eigenvalue weighted by Crippen LogP contribution is 2.28. The van der Waals surface area contributed by atoms with Crippen molar-refractivity contribution >= 4 is 34.6 Å². The van der Waals surface area contributed by atoms with Gasteiger partial charge in [-0.25, -0.2) is 0 Å². The number of ether oxygens (including phenoxy) is 2. The Morgan fingerprint density at radius 3 is 2.90 bits per heavy atom. The molecule has 0 spiro atoms. The number of nitrogens with zero attached hydrogens (tertiary/aromatic N) is 2. The third-order valence-electron chi connectivity index (χ3n) is 4.91. The third-order valence-corrected chi connectivity index (χ3v) is 6.24. The lowest BCUT2D eigenvalue weighted by Gasteiger charge is -2.32. The second-order valence-corrected chi connectivity index (χ2v) is 8.65. The summed E-state index contributed by atoms with van der Waals surface area (Å²) >= 11 is 7.41. The molecule has 1 saturated heterocycles. The van der Waals surface area contributed by atoms with E-state index in [4.69, 9.17) is 21.1 Å². The molecular formula is C23H21ClN2O4S. The maximum Gasteiger partial charge on any atom is 0.264 e. The van der Waals surface area contributed by atoms with Gasteiger partial charge in [0, 0.05) is 17.8 Å². The molecule has 3 heterocycles. The normalized spacial score (nSPS) is 16.2. The SMILES string of the molecule is CC(=O)c1cc(Cl)ccc1OCC1CN(C(=O)c2ccc(-c3ccccn3)s2)CCO1. The van der Waals surface area contributed by atoms with Crippen molar-refractivity contribution in [1.82, 2.24) is 9.88 Å². The highest BCUT2D eigenvalue weighted by atomic mass is 35.5. The number of hydrogen-bond acceptors (Lipinski definition) is 6. The van der Waals surface area contributed by atoms with Crippen molar-refractivity contribution in [2.45, 2.75) is 13.0 Å². The molecule has 3 aromatic rings. The van der Waals surface area contributed by atoms with Crippen LogP contribution in [0.4, 0.5) is 0 Å². The zero-order valence-corrected chi connectivity index (χ0v) is 18.5. The van der Waals surface area contributed by atoms with E-state index < -0.39 is 0 Å². The van der Waals surface area contributed by atoms with Crippen molar-refractivity contribution in [2.24, 2.45) is 0 Å². The van der Waals surface area contributed by atoms with Crippen LogP contribution in [-0.4, -0.2) is 54.0 Å². The Labute approximate surface area is 189 Å². The van der Waals surface area contributed by atoms with Crippen LogP contribution in [0.2, 0.25) is 5.02 Å². The molecule has 160 valence electrons. The summed E-state index contributed by atoms with van der Waals surface area (Å²) in [5.41, 5.74) is 1.28. The molecule has 0 aliphatic carbocycles. The number of carbonyl (C=O) groups is 2. The van der Waals surface area contributed by atoms with Crippen LogP contribution in [0, 0.1) is 0 Å². The van der Waals surface area contributed by atoms with Crippen molar-refractivity contribution in [1.29, 1.82) is 0 Å². The van der Waals surface area contributed by atoms with E-state index in [1.807, 2.05) is 30.3 Å². The molecule has 2 aromatic heterocycles. The van der Waals surface area contributed by atoms with Gasteiger partial charge < -0.3 is 14.4 Å². The standard InChI is InChI=1S/C23H21ClN2O4S/c1-15(27)18-12-16(24)5-6-20(18)30-14-17-13-26(10-11-29-17)23(28)22-8-7-21(31-22)19-4-2-3-9-25-19/h2-9,12,17H,10-11,13-14H2,1H3. The van der Waals surface area contributed by atoms with Gasteiger partial charge in [0.15, 0.2) is 5.78 Å². The summed E-state index contributed by atoms with van der Waals surface area (Å²) in [4.78, 5) is 32.6. The first kappa shape index (κ1) is 21.5. The molecule has 1 aliphatic heterocycles. The largest absolute Gasteiger partial charge is 0.490 e. The monoisotopic (exact) mass is 456 g/mol. The summed E-state index contributed by atoms with van der Waals surface area (Å²) in [5, 5.41) is 0.476. The zero-order valence-electron chi connectivity index (χ0n) is 16.9. The van der Waals surface area contributed by atoms with E-state index in [1.165, 1.54) is 18.3 Å². The van der Waals surface area contributed by atoms with Gasteiger partial charge in [-0.05, 0) is 49.4 Å². The number of carbonyl (C=O) groups excluding carboxylic acids is 2. The van der Waals surface area contributed by atoms with Crippen LogP contribution in [0.15, 0.2) is 54.7 Å². The van der Waals surface area contributed by atoms with Crippen molar-refractivity contribution in [3.8, 4) is 16.3 Å². The van der Waals surface area contributed by atoms with Crippen LogP contribution in [0.5, 0.6) is 5.75 Å². The van der Waals surface area contributed by atoms with Gasteiger partial charge in [-0.15, -0.1) is 11.3 Å². The summed E-state index contributed by atoms with van der Waals surface area (Å²) in [6.45, 7) is 3.06. The van der Waals surface area contributed by atoms with Crippen molar-refractivity contribution < 1.29 is 19.1 Å². The minimum atomic E-state index is -0.289. The van der Waals surface area contributed by atoms with Gasteiger partial charge in [0.1, 0.15) is 18.5 Å². The number of pyridine rings is 1. The van der Waals surface area contributed by atoms with Gasteiger partial charge in [-0.2, -0.15) is 0 Å². The molecule has 1 atom stereocenters. The van der Waals surface area contributed by atoms with Gasteiger partial charge in [-0.1, -0.05) is 17.7 Å². The van der Waals surface area contributed by atoms with Crippen molar-refractivity contribution in [2.75, 3.05) is 26.3 Å². The second-order valence-electron chi connectivity index (χ2n) is 7.13. The number of aromatic nitrogens is 1. The van der Waals surface area contributed by atoms with Crippen molar-refractivity contribution in [3.05, 3.63) is 70.2 Å². The molecule has 31 heavy (non-hydrogen) atoms. The number of ketones is 1. The molecular weight excluding hydrogens is 436 g/mol. The van der Waals surface area contributed by atoms with E-state index in [2.05, 4.69) is 4.98 Å². The first-order chi connectivity index (χ1) is 15.0. The number of benzene rings is 1.